The van der Waals surface area contributed by atoms with Crippen molar-refractivity contribution in [3.8, 4) is 0 Å². The van der Waals surface area contributed by atoms with Gasteiger partial charge in [-0.25, -0.2) is 0 Å². The smallest absolute Gasteiger partial charge is 0.273 e. The van der Waals surface area contributed by atoms with Gasteiger partial charge in [0.2, 0.25) is 0 Å². The van der Waals surface area contributed by atoms with Crippen molar-refractivity contribution in [1.82, 2.24) is 10.6 Å². The second kappa shape index (κ2) is 14.9. The molecule has 3 N–H and O–H groups in total. The predicted octanol–water partition coefficient (Wildman–Crippen LogP) is 9.92. The minimum absolute atomic E-state index is 0.209. The molecule has 4 nitrogen and oxygen atoms in total. The Labute approximate surface area is 288 Å². The molecule has 5 heteroatoms. The monoisotopic (exact) mass is 645 g/mol. The SMILES string of the molecule is CCC[C@](C)(Nc1ccc(/C=C/c2ccc(/C=C3\NC(=S)NC3=O)cc2)cc1)c1ccc(C=C(c2ccccc2)c2ccccc2)cc1. The summed E-state index contributed by atoms with van der Waals surface area (Å²) in [7, 11) is 0. The molecule has 1 aliphatic rings. The van der Waals surface area contributed by atoms with Crippen molar-refractivity contribution in [2.24, 2.45) is 0 Å². The van der Waals surface area contributed by atoms with Gasteiger partial charge in [0.05, 0.1) is 5.54 Å². The average Bonchev–Trinajstić information content (AvgIpc) is 3.44. The summed E-state index contributed by atoms with van der Waals surface area (Å²) in [6, 6.07) is 46.7. The summed E-state index contributed by atoms with van der Waals surface area (Å²) in [6.07, 6.45) is 10.3. The number of benzene rings is 5. The summed E-state index contributed by atoms with van der Waals surface area (Å²) < 4.78 is 0. The van der Waals surface area contributed by atoms with Crippen molar-refractivity contribution in [3.05, 3.63) is 178 Å². The molecular weight excluding hydrogens is 607 g/mol. The standard InChI is InChI=1S/C43H39N3OS/c1-3-28-43(2,37-24-20-33(21-25-37)29-39(35-10-6-4-7-11-35)36-12-8-5-9-13-36)46-38-26-22-32(23-27-38)15-14-31-16-18-34(19-17-31)30-40-41(47)45-42(48)44-40/h4-27,29-30,46H,3,28H2,1-2H3,(H2,44,45,47,48)/b15-14+,40-30-/t43-/m0/s1. The molecule has 238 valence electrons. The van der Waals surface area contributed by atoms with Gasteiger partial charge in [-0.15, -0.1) is 0 Å². The first kappa shape index (κ1) is 32.4. The molecule has 0 spiro atoms. The third-order valence-electron chi connectivity index (χ3n) is 8.54. The van der Waals surface area contributed by atoms with Crippen LogP contribution in [0.15, 0.2) is 139 Å². The van der Waals surface area contributed by atoms with Crippen LogP contribution in [-0.2, 0) is 10.3 Å². The van der Waals surface area contributed by atoms with Crippen LogP contribution in [0.1, 0.15) is 65.6 Å². The molecule has 0 saturated carbocycles. The molecular formula is C43H39N3OS. The largest absolute Gasteiger partial charge is 0.376 e. The maximum absolute atomic E-state index is 11.9. The molecule has 1 heterocycles. The summed E-state index contributed by atoms with van der Waals surface area (Å²) in [5.41, 5.74) is 10.5. The fraction of sp³-hybridized carbons (Fsp3) is 0.116. The molecule has 1 atom stereocenters. The van der Waals surface area contributed by atoms with Gasteiger partial charge in [0.1, 0.15) is 5.70 Å². The number of hydrogen-bond acceptors (Lipinski definition) is 3. The molecule has 0 aliphatic carbocycles. The van der Waals surface area contributed by atoms with Crippen LogP contribution < -0.4 is 16.0 Å². The Balaban J connectivity index is 1.14. The molecule has 0 aromatic heterocycles. The van der Waals surface area contributed by atoms with Gasteiger partial charge in [0, 0.05) is 5.69 Å². The minimum atomic E-state index is -0.216. The Hall–Kier alpha value is -5.52. The summed E-state index contributed by atoms with van der Waals surface area (Å²) >= 11 is 5.00. The molecule has 0 bridgehead atoms. The van der Waals surface area contributed by atoms with Crippen LogP contribution in [0.2, 0.25) is 0 Å². The summed E-state index contributed by atoms with van der Waals surface area (Å²) in [6.45, 7) is 4.52. The van der Waals surface area contributed by atoms with Gasteiger partial charge in [-0.05, 0) is 94.4 Å². The number of amides is 1. The summed E-state index contributed by atoms with van der Waals surface area (Å²) in [5.74, 6) is -0.209. The Morgan fingerprint density at radius 1 is 0.688 bits per heavy atom. The normalized spacial score (nSPS) is 14.8. The highest BCUT2D eigenvalue weighted by atomic mass is 32.1. The fourth-order valence-corrected chi connectivity index (χ4v) is 6.21. The van der Waals surface area contributed by atoms with E-state index in [2.05, 4.69) is 157 Å². The third kappa shape index (κ3) is 8.06. The Bertz CT molecular complexity index is 1920. The van der Waals surface area contributed by atoms with Crippen LogP contribution in [0, 0.1) is 0 Å². The summed E-state index contributed by atoms with van der Waals surface area (Å²) in [4.78, 5) is 11.9. The number of thiocarbonyl (C=S) groups is 1. The lowest BCUT2D eigenvalue weighted by molar-refractivity contribution is -0.115. The van der Waals surface area contributed by atoms with E-state index in [-0.39, 0.29) is 11.4 Å². The summed E-state index contributed by atoms with van der Waals surface area (Å²) in [5, 5.41) is 9.63. The van der Waals surface area contributed by atoms with Gasteiger partial charge in [-0.1, -0.05) is 147 Å². The van der Waals surface area contributed by atoms with Crippen LogP contribution in [0.25, 0.3) is 29.9 Å². The second-order valence-corrected chi connectivity index (χ2v) is 12.6. The van der Waals surface area contributed by atoms with E-state index >= 15 is 0 Å². The van der Waals surface area contributed by atoms with Crippen molar-refractivity contribution in [1.29, 1.82) is 0 Å². The number of carbonyl (C=O) groups excluding carboxylic acids is 1. The lowest BCUT2D eigenvalue weighted by Crippen LogP contribution is -2.31. The van der Waals surface area contributed by atoms with Gasteiger partial charge in [0.15, 0.2) is 5.11 Å². The lowest BCUT2D eigenvalue weighted by atomic mass is 9.86. The zero-order valence-electron chi connectivity index (χ0n) is 27.2. The zero-order valence-corrected chi connectivity index (χ0v) is 28.1. The second-order valence-electron chi connectivity index (χ2n) is 12.2. The molecule has 0 unspecified atom stereocenters. The highest BCUT2D eigenvalue weighted by molar-refractivity contribution is 7.80. The molecule has 1 fully saturated rings. The van der Waals surface area contributed by atoms with E-state index in [1.807, 2.05) is 24.3 Å². The fourth-order valence-electron chi connectivity index (χ4n) is 6.00. The lowest BCUT2D eigenvalue weighted by Gasteiger charge is -2.33. The average molecular weight is 646 g/mol. The van der Waals surface area contributed by atoms with Gasteiger partial charge >= 0.3 is 0 Å². The van der Waals surface area contributed by atoms with E-state index in [9.17, 15) is 4.79 Å². The van der Waals surface area contributed by atoms with Gasteiger partial charge in [0.25, 0.3) is 5.91 Å². The number of rotatable bonds is 11. The number of hydrogen-bond donors (Lipinski definition) is 3. The molecule has 1 amide bonds. The molecule has 5 aromatic carbocycles. The Morgan fingerprint density at radius 3 is 1.73 bits per heavy atom. The van der Waals surface area contributed by atoms with Crippen molar-refractivity contribution in [2.75, 3.05) is 5.32 Å². The first-order valence-corrected chi connectivity index (χ1v) is 16.7. The first-order valence-electron chi connectivity index (χ1n) is 16.3. The van der Waals surface area contributed by atoms with E-state index in [1.54, 1.807) is 6.08 Å². The molecule has 5 aromatic rings. The molecule has 1 saturated heterocycles. The predicted molar refractivity (Wildman–Crippen MR) is 206 cm³/mol. The van der Waals surface area contributed by atoms with Crippen molar-refractivity contribution < 1.29 is 4.79 Å². The highest BCUT2D eigenvalue weighted by Crippen LogP contribution is 2.32. The van der Waals surface area contributed by atoms with E-state index in [0.29, 0.717) is 10.8 Å². The van der Waals surface area contributed by atoms with E-state index in [0.717, 1.165) is 35.2 Å². The molecule has 48 heavy (non-hydrogen) atoms. The van der Waals surface area contributed by atoms with Crippen LogP contribution in [-0.4, -0.2) is 11.0 Å². The maximum atomic E-state index is 11.9. The number of carbonyl (C=O) groups is 1. The Kier molecular flexibility index (Phi) is 10.1. The topological polar surface area (TPSA) is 53.2 Å². The van der Waals surface area contributed by atoms with Crippen LogP contribution >= 0.6 is 12.2 Å². The van der Waals surface area contributed by atoms with Crippen molar-refractivity contribution in [2.45, 2.75) is 32.2 Å². The van der Waals surface area contributed by atoms with Crippen LogP contribution in [0.4, 0.5) is 5.69 Å². The molecule has 1 aliphatic heterocycles. The van der Waals surface area contributed by atoms with E-state index in [1.165, 1.54) is 27.8 Å². The molecule has 6 rings (SSSR count). The third-order valence-corrected chi connectivity index (χ3v) is 8.75. The molecule has 0 radical (unpaired) electrons. The zero-order chi connectivity index (χ0) is 33.3. The quantitative estimate of drug-likeness (QED) is 0.0760. The highest BCUT2D eigenvalue weighted by Gasteiger charge is 2.25. The van der Waals surface area contributed by atoms with Gasteiger partial charge in [-0.2, -0.15) is 0 Å². The van der Waals surface area contributed by atoms with Crippen molar-refractivity contribution >= 4 is 58.8 Å². The first-order chi connectivity index (χ1) is 23.4. The Morgan fingerprint density at radius 2 is 1.21 bits per heavy atom. The number of nitrogens with one attached hydrogen (secondary N) is 3. The van der Waals surface area contributed by atoms with E-state index in [4.69, 9.17) is 12.2 Å². The number of anilines is 1. The maximum Gasteiger partial charge on any atom is 0.273 e. The van der Waals surface area contributed by atoms with Crippen molar-refractivity contribution in [3.63, 3.8) is 0 Å². The van der Waals surface area contributed by atoms with Crippen LogP contribution in [0.3, 0.4) is 0 Å². The van der Waals surface area contributed by atoms with E-state index < -0.39 is 0 Å². The van der Waals surface area contributed by atoms with Gasteiger partial charge < -0.3 is 10.6 Å². The minimum Gasteiger partial charge on any atom is -0.376 e. The van der Waals surface area contributed by atoms with Gasteiger partial charge in [-0.3, -0.25) is 10.1 Å². The van der Waals surface area contributed by atoms with Crippen LogP contribution in [0.5, 0.6) is 0 Å².